The SMILES string of the molecule is Cc1ccc(NC(=O)N2C3CC(C)CC2C3)cc1-c1cc(OC(F)Cc2ccc(NC(=O)N3C4CC(C)CC3C4)cc2-c2nncc(C(F)(F)F)n2)cnn1. The Bertz CT molecular complexity index is 2100. The molecule has 6 heterocycles. The number of urea groups is 2. The van der Waals surface area contributed by atoms with Crippen LogP contribution >= 0.6 is 0 Å². The minimum atomic E-state index is -4.79. The van der Waals surface area contributed by atoms with Crippen molar-refractivity contribution in [2.24, 2.45) is 11.8 Å². The lowest BCUT2D eigenvalue weighted by Crippen LogP contribution is -2.63. The Balaban J connectivity index is 0.990. The van der Waals surface area contributed by atoms with Crippen LogP contribution < -0.4 is 15.4 Å². The summed E-state index contributed by atoms with van der Waals surface area (Å²) in [6, 6.07) is 11.8. The number of amides is 4. The van der Waals surface area contributed by atoms with Gasteiger partial charge in [-0.15, -0.1) is 5.10 Å². The number of nitrogens with one attached hydrogen (secondary N) is 2. The molecule has 2 N–H and O–H groups in total. The Labute approximate surface area is 315 Å². The van der Waals surface area contributed by atoms with Gasteiger partial charge < -0.3 is 25.2 Å². The number of aryl methyl sites for hydroxylation is 1. The number of nitrogens with zero attached hydrogens (tertiary/aromatic N) is 7. The van der Waals surface area contributed by atoms with Crippen molar-refractivity contribution >= 4 is 23.4 Å². The summed E-state index contributed by atoms with van der Waals surface area (Å²) in [6.45, 7) is 6.26. The van der Waals surface area contributed by atoms with Gasteiger partial charge >= 0.3 is 18.2 Å². The molecule has 8 rings (SSSR count). The highest BCUT2D eigenvalue weighted by molar-refractivity contribution is 5.92. The fourth-order valence-electron chi connectivity index (χ4n) is 8.81. The van der Waals surface area contributed by atoms with Gasteiger partial charge in [-0.1, -0.05) is 26.0 Å². The summed E-state index contributed by atoms with van der Waals surface area (Å²) in [7, 11) is 0. The summed E-state index contributed by atoms with van der Waals surface area (Å²) in [6.07, 6.45) is 0.383. The number of halogens is 4. The van der Waals surface area contributed by atoms with Crippen molar-refractivity contribution in [3.63, 3.8) is 0 Å². The highest BCUT2D eigenvalue weighted by Gasteiger charge is 2.47. The van der Waals surface area contributed by atoms with Crippen molar-refractivity contribution in [3.8, 4) is 28.4 Å². The van der Waals surface area contributed by atoms with Gasteiger partial charge in [0.1, 0.15) is 5.75 Å². The number of fused-ring (bicyclic) bond motifs is 4. The lowest BCUT2D eigenvalue weighted by atomic mass is 9.74. The van der Waals surface area contributed by atoms with Crippen LogP contribution in [0.4, 0.5) is 38.5 Å². The predicted octanol–water partition coefficient (Wildman–Crippen LogP) is 8.05. The van der Waals surface area contributed by atoms with Gasteiger partial charge in [-0.25, -0.2) is 19.0 Å². The number of anilines is 2. The Morgan fingerprint density at radius 1 is 0.800 bits per heavy atom. The van der Waals surface area contributed by atoms with Crippen LogP contribution in [0.3, 0.4) is 0 Å². The van der Waals surface area contributed by atoms with E-state index < -0.39 is 24.6 Å². The summed E-state index contributed by atoms with van der Waals surface area (Å²) in [4.78, 5) is 33.8. The molecule has 2 aromatic carbocycles. The van der Waals surface area contributed by atoms with E-state index in [-0.39, 0.29) is 58.9 Å². The molecule has 0 radical (unpaired) electrons. The van der Waals surface area contributed by atoms with Gasteiger partial charge in [-0.3, -0.25) is 0 Å². The number of alkyl halides is 4. The zero-order valence-electron chi connectivity index (χ0n) is 30.6. The first kappa shape index (κ1) is 36.6. The fourth-order valence-corrected chi connectivity index (χ4v) is 8.81. The van der Waals surface area contributed by atoms with Gasteiger partial charge in [0.25, 0.3) is 0 Å². The highest BCUT2D eigenvalue weighted by Crippen LogP contribution is 2.43. The Morgan fingerprint density at radius 2 is 1.36 bits per heavy atom. The molecule has 4 fully saturated rings. The first-order chi connectivity index (χ1) is 26.3. The third-order valence-electron chi connectivity index (χ3n) is 11.3. The van der Waals surface area contributed by atoms with E-state index in [0.29, 0.717) is 40.7 Å². The lowest BCUT2D eigenvalue weighted by molar-refractivity contribution is -0.141. The van der Waals surface area contributed by atoms with Crippen LogP contribution in [0.5, 0.6) is 5.75 Å². The molecule has 0 aliphatic carbocycles. The van der Waals surface area contributed by atoms with Crippen molar-refractivity contribution in [2.45, 2.75) is 102 Å². The Kier molecular flexibility index (Phi) is 9.53. The molecular weight excluding hydrogens is 718 g/mol. The van der Waals surface area contributed by atoms with Gasteiger partial charge in [0.2, 0.25) is 6.36 Å². The molecule has 5 atom stereocenters. The van der Waals surface area contributed by atoms with Gasteiger partial charge in [0.15, 0.2) is 11.5 Å². The molecular formula is C39H41F4N9O3. The third-order valence-corrected chi connectivity index (χ3v) is 11.3. The summed E-state index contributed by atoms with van der Waals surface area (Å²) in [5, 5.41) is 21.4. The number of aromatic nitrogens is 5. The second kappa shape index (κ2) is 14.3. The molecule has 4 aromatic rings. The van der Waals surface area contributed by atoms with Crippen LogP contribution in [0.1, 0.15) is 69.2 Å². The maximum atomic E-state index is 15.8. The van der Waals surface area contributed by atoms with E-state index in [1.807, 2.05) is 28.9 Å². The summed E-state index contributed by atoms with van der Waals surface area (Å²) in [5.41, 5.74) is 1.78. The van der Waals surface area contributed by atoms with Crippen LogP contribution in [0.15, 0.2) is 54.9 Å². The highest BCUT2D eigenvalue weighted by atomic mass is 19.4. The standard InChI is InChI=1S/C39H41F4N9O3/c1-20-8-26-15-27(9-20)51(26)37(53)46-24-6-4-22(3)31(13-24)33-17-30(18-44-49-33)55-35(40)12-23-5-7-25(47-38(54)52-28-10-21(2)11-29(52)16-28)14-32(23)36-48-34(19-45-50-36)39(41,42)43/h4-7,13-14,17-21,26-29,35H,8-12,15-16H2,1-3H3,(H,46,53)(H,47,54). The molecule has 12 nitrogen and oxygen atoms in total. The van der Waals surface area contributed by atoms with Gasteiger partial charge in [-0.2, -0.15) is 28.5 Å². The molecule has 16 heteroatoms. The van der Waals surface area contributed by atoms with Crippen LogP contribution in [0, 0.1) is 18.8 Å². The number of rotatable bonds is 8. The van der Waals surface area contributed by atoms with E-state index in [1.165, 1.54) is 24.4 Å². The first-order valence-electron chi connectivity index (χ1n) is 18.6. The third kappa shape index (κ3) is 7.50. The second-order valence-electron chi connectivity index (χ2n) is 15.5. The molecule has 4 amide bonds. The average Bonchev–Trinajstić information content (AvgIpc) is 3.12. The van der Waals surface area contributed by atoms with E-state index in [0.717, 1.165) is 44.1 Å². The number of carbonyl (C=O) groups excluding carboxylic acids is 2. The van der Waals surface area contributed by atoms with E-state index in [2.05, 4.69) is 49.9 Å². The number of ether oxygens (including phenoxy) is 1. The Hall–Kier alpha value is -5.41. The summed E-state index contributed by atoms with van der Waals surface area (Å²) < 4.78 is 62.3. The van der Waals surface area contributed by atoms with Crippen LogP contribution in [-0.2, 0) is 12.6 Å². The van der Waals surface area contributed by atoms with Gasteiger partial charge in [0, 0.05) is 59.2 Å². The van der Waals surface area contributed by atoms with E-state index in [9.17, 15) is 22.8 Å². The maximum Gasteiger partial charge on any atom is 0.435 e. The number of benzene rings is 2. The number of hydrogen-bond donors (Lipinski definition) is 2. The maximum absolute atomic E-state index is 15.8. The van der Waals surface area contributed by atoms with Crippen LogP contribution in [0.25, 0.3) is 22.6 Å². The molecule has 4 saturated heterocycles. The van der Waals surface area contributed by atoms with E-state index in [1.54, 1.807) is 12.1 Å². The zero-order valence-corrected chi connectivity index (χ0v) is 30.6. The molecule has 0 saturated carbocycles. The second-order valence-corrected chi connectivity index (χ2v) is 15.5. The zero-order chi connectivity index (χ0) is 38.6. The topological polar surface area (TPSA) is 138 Å². The number of hydrogen-bond acceptors (Lipinski definition) is 8. The minimum Gasteiger partial charge on any atom is -0.458 e. The molecule has 2 aromatic heterocycles. The lowest BCUT2D eigenvalue weighted by Gasteiger charge is -2.54. The monoisotopic (exact) mass is 759 g/mol. The number of carbonyl (C=O) groups is 2. The van der Waals surface area contributed by atoms with Crippen molar-refractivity contribution < 1.29 is 31.9 Å². The van der Waals surface area contributed by atoms with Crippen LogP contribution in [-0.4, -0.2) is 77.8 Å². The molecule has 4 bridgehead atoms. The summed E-state index contributed by atoms with van der Waals surface area (Å²) >= 11 is 0. The fraction of sp³-hybridized carbons (Fsp3) is 0.462. The smallest absolute Gasteiger partial charge is 0.435 e. The first-order valence-corrected chi connectivity index (χ1v) is 18.6. The molecule has 55 heavy (non-hydrogen) atoms. The molecule has 5 unspecified atom stereocenters. The largest absolute Gasteiger partial charge is 0.458 e. The quantitative estimate of drug-likeness (QED) is 0.172. The molecule has 288 valence electrons. The average molecular weight is 760 g/mol. The van der Waals surface area contributed by atoms with Crippen molar-refractivity contribution in [1.82, 2.24) is 35.2 Å². The molecule has 4 aliphatic heterocycles. The summed E-state index contributed by atoms with van der Waals surface area (Å²) in [5.74, 6) is 0.816. The van der Waals surface area contributed by atoms with Gasteiger partial charge in [0.05, 0.1) is 18.1 Å². The minimum absolute atomic E-state index is 0.0551. The molecule has 4 aliphatic rings. The van der Waals surface area contributed by atoms with E-state index in [4.69, 9.17) is 4.74 Å². The van der Waals surface area contributed by atoms with Crippen molar-refractivity contribution in [3.05, 3.63) is 71.7 Å². The van der Waals surface area contributed by atoms with Crippen LogP contribution in [0.2, 0.25) is 0 Å². The molecule has 0 spiro atoms. The normalized spacial score (nSPS) is 24.6. The predicted molar refractivity (Wildman–Crippen MR) is 195 cm³/mol. The van der Waals surface area contributed by atoms with Crippen molar-refractivity contribution in [1.29, 1.82) is 0 Å². The number of piperidine rings is 2. The van der Waals surface area contributed by atoms with Gasteiger partial charge in [-0.05, 0) is 92.7 Å². The van der Waals surface area contributed by atoms with E-state index >= 15 is 4.39 Å². The Morgan fingerprint density at radius 3 is 1.96 bits per heavy atom. The van der Waals surface area contributed by atoms with Crippen molar-refractivity contribution in [2.75, 3.05) is 10.6 Å².